The van der Waals surface area contributed by atoms with Crippen LogP contribution >= 0.6 is 0 Å². The molecule has 1 heterocycles. The summed E-state index contributed by atoms with van der Waals surface area (Å²) >= 11 is 0. The molecule has 21 heavy (non-hydrogen) atoms. The van der Waals surface area contributed by atoms with E-state index >= 15 is 0 Å². The number of hydrogen-bond donors (Lipinski definition) is 0. The first-order chi connectivity index (χ1) is 10.2. The maximum atomic E-state index is 12.1. The summed E-state index contributed by atoms with van der Waals surface area (Å²) in [5, 5.41) is 0. The van der Waals surface area contributed by atoms with Crippen molar-refractivity contribution in [1.82, 2.24) is 4.90 Å². The Kier molecular flexibility index (Phi) is 5.43. The van der Waals surface area contributed by atoms with Crippen molar-refractivity contribution >= 4 is 5.91 Å². The highest BCUT2D eigenvalue weighted by molar-refractivity contribution is 5.76. The van der Waals surface area contributed by atoms with Gasteiger partial charge in [-0.3, -0.25) is 4.79 Å². The third-order valence-electron chi connectivity index (χ3n) is 3.46. The van der Waals surface area contributed by atoms with Gasteiger partial charge in [-0.1, -0.05) is 12.1 Å². The molecule has 0 bridgehead atoms. The molecule has 1 aromatic heterocycles. The highest BCUT2D eigenvalue weighted by Crippen LogP contribution is 2.14. The van der Waals surface area contributed by atoms with E-state index in [1.54, 1.807) is 18.3 Å². The van der Waals surface area contributed by atoms with E-state index in [2.05, 4.69) is 0 Å². The van der Waals surface area contributed by atoms with Crippen LogP contribution in [0.15, 0.2) is 47.1 Å². The van der Waals surface area contributed by atoms with Crippen molar-refractivity contribution in [3.05, 3.63) is 54.0 Å². The molecule has 2 rings (SSSR count). The molecular weight excluding hydrogens is 266 g/mol. The molecule has 2 aromatic rings. The maximum Gasteiger partial charge on any atom is 0.222 e. The number of rotatable bonds is 7. The van der Waals surface area contributed by atoms with Crippen molar-refractivity contribution in [3.8, 4) is 5.75 Å². The van der Waals surface area contributed by atoms with Crippen LogP contribution in [0.1, 0.15) is 17.7 Å². The zero-order chi connectivity index (χ0) is 15.1. The number of likely N-dealkylation sites (N-methyl/N-ethyl adjacent to an activating group) is 1. The Balaban J connectivity index is 1.77. The number of methoxy groups -OCH3 is 1. The van der Waals surface area contributed by atoms with Crippen LogP contribution in [-0.4, -0.2) is 31.5 Å². The molecule has 0 fully saturated rings. The Morgan fingerprint density at radius 3 is 2.81 bits per heavy atom. The summed E-state index contributed by atoms with van der Waals surface area (Å²) < 4.78 is 10.4. The SMILES string of the molecule is COc1cccc(CCC(=O)N(C)CCc2ccco2)c1. The lowest BCUT2D eigenvalue weighted by molar-refractivity contribution is -0.129. The van der Waals surface area contributed by atoms with E-state index in [1.807, 2.05) is 43.4 Å². The summed E-state index contributed by atoms with van der Waals surface area (Å²) in [5.74, 6) is 1.87. The second-order valence-electron chi connectivity index (χ2n) is 5.00. The molecule has 4 heteroatoms. The van der Waals surface area contributed by atoms with E-state index in [0.29, 0.717) is 13.0 Å². The Hall–Kier alpha value is -2.23. The molecule has 0 aliphatic rings. The molecule has 0 atom stereocenters. The minimum absolute atomic E-state index is 0.143. The number of benzene rings is 1. The predicted octanol–water partition coefficient (Wildman–Crippen LogP) is 2.92. The van der Waals surface area contributed by atoms with Crippen LogP contribution in [0.5, 0.6) is 5.75 Å². The van der Waals surface area contributed by atoms with Gasteiger partial charge < -0.3 is 14.1 Å². The Morgan fingerprint density at radius 1 is 1.24 bits per heavy atom. The first-order valence-corrected chi connectivity index (χ1v) is 7.08. The average molecular weight is 287 g/mol. The van der Waals surface area contributed by atoms with Gasteiger partial charge in [0, 0.05) is 26.4 Å². The van der Waals surface area contributed by atoms with Crippen molar-refractivity contribution in [2.24, 2.45) is 0 Å². The van der Waals surface area contributed by atoms with Gasteiger partial charge in [-0.25, -0.2) is 0 Å². The molecule has 112 valence electrons. The van der Waals surface area contributed by atoms with Crippen LogP contribution in [0.3, 0.4) is 0 Å². The third kappa shape index (κ3) is 4.67. The summed E-state index contributed by atoms with van der Waals surface area (Å²) in [6.07, 6.45) is 3.62. The molecular formula is C17H21NO3. The van der Waals surface area contributed by atoms with Gasteiger partial charge >= 0.3 is 0 Å². The second kappa shape index (κ2) is 7.53. The lowest BCUT2D eigenvalue weighted by Crippen LogP contribution is -2.28. The van der Waals surface area contributed by atoms with Crippen LogP contribution in [0, 0.1) is 0 Å². The summed E-state index contributed by atoms with van der Waals surface area (Å²) in [5.41, 5.74) is 1.11. The molecule has 0 aliphatic carbocycles. The van der Waals surface area contributed by atoms with Gasteiger partial charge in [0.2, 0.25) is 5.91 Å². The van der Waals surface area contributed by atoms with E-state index < -0.39 is 0 Å². The fourth-order valence-corrected chi connectivity index (χ4v) is 2.13. The number of ether oxygens (including phenoxy) is 1. The zero-order valence-corrected chi connectivity index (χ0v) is 12.5. The average Bonchev–Trinajstić information content (AvgIpc) is 3.03. The number of furan rings is 1. The zero-order valence-electron chi connectivity index (χ0n) is 12.5. The fourth-order valence-electron chi connectivity index (χ4n) is 2.13. The molecule has 1 amide bonds. The standard InChI is InChI=1S/C17H21NO3/c1-18(11-10-15-7-4-12-21-15)17(19)9-8-14-5-3-6-16(13-14)20-2/h3-7,12-13H,8-11H2,1-2H3. The van der Waals surface area contributed by atoms with Gasteiger partial charge in [0.15, 0.2) is 0 Å². The minimum Gasteiger partial charge on any atom is -0.497 e. The number of carbonyl (C=O) groups excluding carboxylic acids is 1. The molecule has 0 saturated heterocycles. The number of carbonyl (C=O) groups is 1. The molecule has 0 saturated carbocycles. The molecule has 0 N–H and O–H groups in total. The Morgan fingerprint density at radius 2 is 2.10 bits per heavy atom. The normalized spacial score (nSPS) is 10.4. The lowest BCUT2D eigenvalue weighted by atomic mass is 10.1. The van der Waals surface area contributed by atoms with Gasteiger partial charge in [-0.2, -0.15) is 0 Å². The third-order valence-corrected chi connectivity index (χ3v) is 3.46. The van der Waals surface area contributed by atoms with E-state index in [1.165, 1.54) is 0 Å². The van der Waals surface area contributed by atoms with Crippen molar-refractivity contribution in [2.45, 2.75) is 19.3 Å². The number of hydrogen-bond acceptors (Lipinski definition) is 3. The number of aryl methyl sites for hydroxylation is 1. The first-order valence-electron chi connectivity index (χ1n) is 7.08. The van der Waals surface area contributed by atoms with E-state index in [4.69, 9.17) is 9.15 Å². The Bertz CT molecular complexity index is 563. The molecule has 1 aromatic carbocycles. The van der Waals surface area contributed by atoms with Gasteiger partial charge in [-0.05, 0) is 36.2 Å². The van der Waals surface area contributed by atoms with Gasteiger partial charge in [0.25, 0.3) is 0 Å². The summed E-state index contributed by atoms with van der Waals surface area (Å²) in [6, 6.07) is 11.6. The Labute approximate surface area is 125 Å². The van der Waals surface area contributed by atoms with Gasteiger partial charge in [0.1, 0.15) is 11.5 Å². The van der Waals surface area contributed by atoms with E-state index in [0.717, 1.165) is 29.9 Å². The highest BCUT2D eigenvalue weighted by atomic mass is 16.5. The largest absolute Gasteiger partial charge is 0.497 e. The number of nitrogens with zero attached hydrogens (tertiary/aromatic N) is 1. The smallest absolute Gasteiger partial charge is 0.222 e. The minimum atomic E-state index is 0.143. The first kappa shape index (κ1) is 15.2. The fraction of sp³-hybridized carbons (Fsp3) is 0.353. The summed E-state index contributed by atoms with van der Waals surface area (Å²) in [4.78, 5) is 13.8. The van der Waals surface area contributed by atoms with E-state index in [-0.39, 0.29) is 5.91 Å². The quantitative estimate of drug-likeness (QED) is 0.786. The number of amides is 1. The topological polar surface area (TPSA) is 42.7 Å². The van der Waals surface area contributed by atoms with Crippen LogP contribution in [0.4, 0.5) is 0 Å². The molecule has 0 unspecified atom stereocenters. The molecule has 4 nitrogen and oxygen atoms in total. The van der Waals surface area contributed by atoms with Crippen molar-refractivity contribution in [2.75, 3.05) is 20.7 Å². The van der Waals surface area contributed by atoms with Crippen LogP contribution in [0.25, 0.3) is 0 Å². The van der Waals surface area contributed by atoms with Crippen LogP contribution < -0.4 is 4.74 Å². The highest BCUT2D eigenvalue weighted by Gasteiger charge is 2.09. The van der Waals surface area contributed by atoms with Crippen molar-refractivity contribution in [3.63, 3.8) is 0 Å². The second-order valence-corrected chi connectivity index (χ2v) is 5.00. The monoisotopic (exact) mass is 287 g/mol. The van der Waals surface area contributed by atoms with Gasteiger partial charge in [0.05, 0.1) is 13.4 Å². The van der Waals surface area contributed by atoms with E-state index in [9.17, 15) is 4.79 Å². The summed E-state index contributed by atoms with van der Waals surface area (Å²) in [6.45, 7) is 0.671. The molecule has 0 radical (unpaired) electrons. The van der Waals surface area contributed by atoms with Crippen LogP contribution in [-0.2, 0) is 17.6 Å². The van der Waals surface area contributed by atoms with Crippen LogP contribution in [0.2, 0.25) is 0 Å². The predicted molar refractivity (Wildman–Crippen MR) is 81.4 cm³/mol. The lowest BCUT2D eigenvalue weighted by Gasteiger charge is -2.16. The molecule has 0 spiro atoms. The maximum absolute atomic E-state index is 12.1. The van der Waals surface area contributed by atoms with Crippen molar-refractivity contribution < 1.29 is 13.9 Å². The van der Waals surface area contributed by atoms with Gasteiger partial charge in [-0.15, -0.1) is 0 Å². The van der Waals surface area contributed by atoms with Crippen molar-refractivity contribution in [1.29, 1.82) is 0 Å². The summed E-state index contributed by atoms with van der Waals surface area (Å²) in [7, 11) is 3.48. The molecule has 0 aliphatic heterocycles.